The summed E-state index contributed by atoms with van der Waals surface area (Å²) in [4.78, 5) is 24.6. The van der Waals surface area contributed by atoms with Crippen molar-refractivity contribution in [2.24, 2.45) is 0 Å². The second kappa shape index (κ2) is 8.05. The molecule has 1 aromatic heterocycles. The van der Waals surface area contributed by atoms with Gasteiger partial charge in [-0.2, -0.15) is 0 Å². The lowest BCUT2D eigenvalue weighted by atomic mass is 10.1. The SMILES string of the molecule is Cc1onc(-c2ccccc2)c1C(=O)OCC(=O)Nc1cccc(Cl)c1C. The molecular formula is C20H17ClN2O4. The molecule has 0 saturated heterocycles. The maximum Gasteiger partial charge on any atom is 0.344 e. The van der Waals surface area contributed by atoms with E-state index < -0.39 is 18.5 Å². The number of hydrogen-bond acceptors (Lipinski definition) is 5. The number of aryl methyl sites for hydroxylation is 1. The fraction of sp³-hybridized carbons (Fsp3) is 0.150. The van der Waals surface area contributed by atoms with E-state index in [1.54, 1.807) is 32.0 Å². The van der Waals surface area contributed by atoms with Crippen molar-refractivity contribution in [2.45, 2.75) is 13.8 Å². The number of amides is 1. The van der Waals surface area contributed by atoms with E-state index in [1.807, 2.05) is 30.3 Å². The largest absolute Gasteiger partial charge is 0.452 e. The van der Waals surface area contributed by atoms with Gasteiger partial charge in [0.1, 0.15) is 17.0 Å². The van der Waals surface area contributed by atoms with E-state index in [1.165, 1.54) is 0 Å². The Balaban J connectivity index is 1.69. The number of nitrogens with zero attached hydrogens (tertiary/aromatic N) is 1. The average molecular weight is 385 g/mol. The third-order valence-electron chi connectivity index (χ3n) is 3.99. The van der Waals surface area contributed by atoms with Crippen molar-refractivity contribution in [2.75, 3.05) is 11.9 Å². The average Bonchev–Trinajstić information content (AvgIpc) is 3.06. The minimum atomic E-state index is -0.675. The molecule has 7 heteroatoms. The molecule has 0 radical (unpaired) electrons. The molecule has 3 rings (SSSR count). The topological polar surface area (TPSA) is 81.4 Å². The number of carbonyl (C=O) groups is 2. The molecule has 0 spiro atoms. The normalized spacial score (nSPS) is 10.5. The van der Waals surface area contributed by atoms with Crippen molar-refractivity contribution in [1.29, 1.82) is 0 Å². The van der Waals surface area contributed by atoms with Gasteiger partial charge in [0.15, 0.2) is 6.61 Å². The van der Waals surface area contributed by atoms with Crippen molar-refractivity contribution >= 4 is 29.2 Å². The van der Waals surface area contributed by atoms with Crippen LogP contribution in [0.4, 0.5) is 5.69 Å². The summed E-state index contributed by atoms with van der Waals surface area (Å²) in [7, 11) is 0. The molecule has 6 nitrogen and oxygen atoms in total. The van der Waals surface area contributed by atoms with Crippen molar-refractivity contribution in [3.8, 4) is 11.3 Å². The Morgan fingerprint density at radius 3 is 2.59 bits per heavy atom. The summed E-state index contributed by atoms with van der Waals surface area (Å²) >= 11 is 6.03. The zero-order valence-corrected chi connectivity index (χ0v) is 15.5. The predicted molar refractivity (Wildman–Crippen MR) is 102 cm³/mol. The van der Waals surface area contributed by atoms with Crippen molar-refractivity contribution in [1.82, 2.24) is 5.16 Å². The van der Waals surface area contributed by atoms with Gasteiger partial charge in [-0.25, -0.2) is 4.79 Å². The molecule has 0 unspecified atom stereocenters. The molecule has 2 aromatic carbocycles. The quantitative estimate of drug-likeness (QED) is 0.659. The van der Waals surface area contributed by atoms with Crippen LogP contribution in [0.5, 0.6) is 0 Å². The Bertz CT molecular complexity index is 983. The van der Waals surface area contributed by atoms with Gasteiger partial charge in [0.05, 0.1) is 0 Å². The number of esters is 1. The second-order valence-corrected chi connectivity index (χ2v) is 6.27. The number of hydrogen-bond donors (Lipinski definition) is 1. The van der Waals surface area contributed by atoms with Gasteiger partial charge in [0, 0.05) is 16.3 Å². The summed E-state index contributed by atoms with van der Waals surface area (Å²) in [6.45, 7) is 2.96. The number of carbonyl (C=O) groups excluding carboxylic acids is 2. The van der Waals surface area contributed by atoms with Crippen LogP contribution < -0.4 is 5.32 Å². The zero-order valence-electron chi connectivity index (χ0n) is 14.8. The number of aromatic nitrogens is 1. The first-order valence-corrected chi connectivity index (χ1v) is 8.59. The number of nitrogens with one attached hydrogen (secondary N) is 1. The highest BCUT2D eigenvalue weighted by molar-refractivity contribution is 6.31. The Kier molecular flexibility index (Phi) is 5.57. The van der Waals surface area contributed by atoms with Crippen LogP contribution in [-0.2, 0) is 9.53 Å². The van der Waals surface area contributed by atoms with E-state index in [0.717, 1.165) is 11.1 Å². The molecule has 1 N–H and O–H groups in total. The first kappa shape index (κ1) is 18.7. The first-order chi connectivity index (χ1) is 13.0. The van der Waals surface area contributed by atoms with Gasteiger partial charge in [0.2, 0.25) is 0 Å². The number of benzene rings is 2. The molecule has 0 aliphatic heterocycles. The van der Waals surface area contributed by atoms with Gasteiger partial charge >= 0.3 is 5.97 Å². The summed E-state index contributed by atoms with van der Waals surface area (Å²) in [6.07, 6.45) is 0. The summed E-state index contributed by atoms with van der Waals surface area (Å²) < 4.78 is 10.3. The monoisotopic (exact) mass is 384 g/mol. The highest BCUT2D eigenvalue weighted by Crippen LogP contribution is 2.26. The Morgan fingerprint density at radius 2 is 1.85 bits per heavy atom. The highest BCUT2D eigenvalue weighted by Gasteiger charge is 2.23. The fourth-order valence-electron chi connectivity index (χ4n) is 2.54. The van der Waals surface area contributed by atoms with E-state index in [4.69, 9.17) is 20.9 Å². The van der Waals surface area contributed by atoms with Gasteiger partial charge in [-0.1, -0.05) is 53.2 Å². The minimum absolute atomic E-state index is 0.202. The number of anilines is 1. The Hall–Kier alpha value is -3.12. The molecule has 0 saturated carbocycles. The molecule has 0 aliphatic rings. The van der Waals surface area contributed by atoms with E-state index in [0.29, 0.717) is 22.2 Å². The summed E-state index contributed by atoms with van der Waals surface area (Å²) in [5.41, 5.74) is 2.60. The number of rotatable bonds is 5. The Labute approximate surface area is 161 Å². The maximum atomic E-state index is 12.5. The molecule has 0 fully saturated rings. The van der Waals surface area contributed by atoms with Crippen LogP contribution in [-0.4, -0.2) is 23.6 Å². The van der Waals surface area contributed by atoms with E-state index in [9.17, 15) is 9.59 Å². The van der Waals surface area contributed by atoms with Crippen LogP contribution in [0.3, 0.4) is 0 Å². The van der Waals surface area contributed by atoms with Gasteiger partial charge in [0.25, 0.3) is 5.91 Å². The number of ether oxygens (including phenoxy) is 1. The summed E-state index contributed by atoms with van der Waals surface area (Å²) in [6, 6.07) is 14.3. The molecule has 0 bridgehead atoms. The van der Waals surface area contributed by atoms with Crippen LogP contribution in [0, 0.1) is 13.8 Å². The third kappa shape index (κ3) is 4.17. The first-order valence-electron chi connectivity index (χ1n) is 8.21. The zero-order chi connectivity index (χ0) is 19.4. The Morgan fingerprint density at radius 1 is 1.11 bits per heavy atom. The predicted octanol–water partition coefficient (Wildman–Crippen LogP) is 4.41. The molecule has 3 aromatic rings. The van der Waals surface area contributed by atoms with Crippen molar-refractivity contribution in [3.63, 3.8) is 0 Å². The molecule has 27 heavy (non-hydrogen) atoms. The lowest BCUT2D eigenvalue weighted by molar-refractivity contribution is -0.119. The second-order valence-electron chi connectivity index (χ2n) is 5.87. The van der Waals surface area contributed by atoms with Gasteiger partial charge in [-0.05, 0) is 31.5 Å². The van der Waals surface area contributed by atoms with Crippen LogP contribution in [0.25, 0.3) is 11.3 Å². The molecule has 138 valence electrons. The molecule has 1 amide bonds. The highest BCUT2D eigenvalue weighted by atomic mass is 35.5. The molecule has 0 atom stereocenters. The van der Waals surface area contributed by atoms with Crippen LogP contribution >= 0.6 is 11.6 Å². The standard InChI is InChI=1S/C20H17ClN2O4/c1-12-15(21)9-6-10-16(12)22-17(24)11-26-20(25)18-13(2)27-23-19(18)14-7-4-3-5-8-14/h3-10H,11H2,1-2H3,(H,22,24). The van der Waals surface area contributed by atoms with E-state index in [-0.39, 0.29) is 5.56 Å². The third-order valence-corrected chi connectivity index (χ3v) is 4.40. The van der Waals surface area contributed by atoms with E-state index in [2.05, 4.69) is 10.5 Å². The minimum Gasteiger partial charge on any atom is -0.452 e. The van der Waals surface area contributed by atoms with Gasteiger partial charge in [-0.15, -0.1) is 0 Å². The fourth-order valence-corrected chi connectivity index (χ4v) is 2.71. The van der Waals surface area contributed by atoms with Gasteiger partial charge < -0.3 is 14.6 Å². The smallest absolute Gasteiger partial charge is 0.344 e. The molecule has 0 aliphatic carbocycles. The lowest BCUT2D eigenvalue weighted by Gasteiger charge is -2.10. The molecular weight excluding hydrogens is 368 g/mol. The lowest BCUT2D eigenvalue weighted by Crippen LogP contribution is -2.21. The van der Waals surface area contributed by atoms with Crippen LogP contribution in [0.2, 0.25) is 5.02 Å². The van der Waals surface area contributed by atoms with Crippen molar-refractivity contribution < 1.29 is 18.8 Å². The molecule has 1 heterocycles. The van der Waals surface area contributed by atoms with Gasteiger partial charge in [-0.3, -0.25) is 4.79 Å². The summed E-state index contributed by atoms with van der Waals surface area (Å²) in [5.74, 6) is -0.820. The number of halogens is 1. The maximum absolute atomic E-state index is 12.5. The van der Waals surface area contributed by atoms with Crippen LogP contribution in [0.15, 0.2) is 53.1 Å². The van der Waals surface area contributed by atoms with Crippen molar-refractivity contribution in [3.05, 3.63) is 70.4 Å². The van der Waals surface area contributed by atoms with E-state index >= 15 is 0 Å². The van der Waals surface area contributed by atoms with Crippen LogP contribution in [0.1, 0.15) is 21.7 Å². The summed E-state index contributed by atoms with van der Waals surface area (Å²) in [5, 5.41) is 7.14.